The first kappa shape index (κ1) is 15.4. The van der Waals surface area contributed by atoms with Crippen molar-refractivity contribution in [1.29, 1.82) is 0 Å². The summed E-state index contributed by atoms with van der Waals surface area (Å²) >= 11 is 0. The molecule has 112 valence electrons. The predicted molar refractivity (Wildman–Crippen MR) is 79.0 cm³/mol. The van der Waals surface area contributed by atoms with Crippen molar-refractivity contribution in [2.75, 3.05) is 20.3 Å². The molecule has 21 heavy (non-hydrogen) atoms. The Labute approximate surface area is 123 Å². The summed E-state index contributed by atoms with van der Waals surface area (Å²) in [4.78, 5) is 4.18. The molecule has 0 unspecified atom stereocenters. The van der Waals surface area contributed by atoms with Gasteiger partial charge in [0.1, 0.15) is 17.3 Å². The van der Waals surface area contributed by atoms with Crippen molar-refractivity contribution in [3.05, 3.63) is 53.6 Å². The molecule has 0 saturated heterocycles. The van der Waals surface area contributed by atoms with Gasteiger partial charge in [0.15, 0.2) is 0 Å². The number of hydrogen-bond donors (Lipinski definition) is 1. The van der Waals surface area contributed by atoms with E-state index in [0.717, 1.165) is 11.3 Å². The summed E-state index contributed by atoms with van der Waals surface area (Å²) in [5.41, 5.74) is 1.55. The topological polar surface area (TPSA) is 43.4 Å². The third kappa shape index (κ3) is 4.51. The van der Waals surface area contributed by atoms with Gasteiger partial charge in [0.05, 0.1) is 12.3 Å². The van der Waals surface area contributed by atoms with Crippen LogP contribution in [0.3, 0.4) is 0 Å². The van der Waals surface area contributed by atoms with E-state index in [1.807, 2.05) is 19.1 Å². The van der Waals surface area contributed by atoms with Crippen LogP contribution >= 0.6 is 0 Å². The predicted octanol–water partition coefficient (Wildman–Crippen LogP) is 3.06. The first-order valence-corrected chi connectivity index (χ1v) is 6.78. The van der Waals surface area contributed by atoms with Crippen molar-refractivity contribution in [1.82, 2.24) is 10.3 Å². The lowest BCUT2D eigenvalue weighted by atomic mass is 10.2. The van der Waals surface area contributed by atoms with Crippen LogP contribution in [0, 0.1) is 12.7 Å². The summed E-state index contributed by atoms with van der Waals surface area (Å²) in [5.74, 6) is 1.01. The van der Waals surface area contributed by atoms with Gasteiger partial charge in [-0.3, -0.25) is 4.98 Å². The van der Waals surface area contributed by atoms with Crippen molar-refractivity contribution in [3.8, 4) is 11.5 Å². The summed E-state index contributed by atoms with van der Waals surface area (Å²) in [5, 5.41) is 3.18. The first-order chi connectivity index (χ1) is 10.2. The summed E-state index contributed by atoms with van der Waals surface area (Å²) in [7, 11) is 1.64. The van der Waals surface area contributed by atoms with Crippen molar-refractivity contribution < 1.29 is 13.9 Å². The Balaban J connectivity index is 2.13. The summed E-state index contributed by atoms with van der Waals surface area (Å²) in [6.45, 7) is 3.68. The van der Waals surface area contributed by atoms with Crippen LogP contribution in [0.25, 0.3) is 0 Å². The van der Waals surface area contributed by atoms with Gasteiger partial charge < -0.3 is 14.8 Å². The molecule has 0 spiro atoms. The minimum absolute atomic E-state index is 0.284. The number of rotatable bonds is 7. The third-order valence-electron chi connectivity index (χ3n) is 3.00. The van der Waals surface area contributed by atoms with Crippen molar-refractivity contribution in [2.24, 2.45) is 0 Å². The van der Waals surface area contributed by atoms with Gasteiger partial charge in [0.2, 0.25) is 0 Å². The van der Waals surface area contributed by atoms with Gasteiger partial charge in [0, 0.05) is 32.0 Å². The van der Waals surface area contributed by atoms with E-state index in [1.165, 1.54) is 12.1 Å². The smallest absolute Gasteiger partial charge is 0.148 e. The van der Waals surface area contributed by atoms with Crippen LogP contribution < -0.4 is 10.1 Å². The van der Waals surface area contributed by atoms with Crippen molar-refractivity contribution in [2.45, 2.75) is 13.5 Å². The standard InChI is InChI=1S/C16H19FN2O2/c1-12-15(4-3-7-19-12)21-16-6-5-14(17)10-13(16)11-18-8-9-20-2/h3-7,10,18H,8-9,11H2,1-2H3. The van der Waals surface area contributed by atoms with E-state index >= 15 is 0 Å². The zero-order chi connectivity index (χ0) is 15.1. The molecule has 0 aliphatic rings. The molecule has 5 heteroatoms. The summed E-state index contributed by atoms with van der Waals surface area (Å²) in [6, 6.07) is 8.14. The zero-order valence-electron chi connectivity index (χ0n) is 12.2. The van der Waals surface area contributed by atoms with E-state index in [1.54, 1.807) is 19.4 Å². The maximum atomic E-state index is 13.4. The second-order valence-electron chi connectivity index (χ2n) is 4.61. The molecule has 1 aromatic carbocycles. The van der Waals surface area contributed by atoms with E-state index in [2.05, 4.69) is 10.3 Å². The number of halogens is 1. The fraction of sp³-hybridized carbons (Fsp3) is 0.312. The minimum Gasteiger partial charge on any atom is -0.455 e. The van der Waals surface area contributed by atoms with Crippen LogP contribution in [0.2, 0.25) is 0 Å². The number of nitrogens with zero attached hydrogens (tertiary/aromatic N) is 1. The molecule has 1 aromatic heterocycles. The Kier molecular flexibility index (Phi) is 5.66. The van der Waals surface area contributed by atoms with Gasteiger partial charge in [-0.25, -0.2) is 4.39 Å². The quantitative estimate of drug-likeness (QED) is 0.796. The minimum atomic E-state index is -0.284. The van der Waals surface area contributed by atoms with E-state index < -0.39 is 0 Å². The molecule has 0 bridgehead atoms. The molecule has 2 rings (SSSR count). The molecule has 0 saturated carbocycles. The van der Waals surface area contributed by atoms with Crippen LogP contribution in [-0.4, -0.2) is 25.2 Å². The molecular weight excluding hydrogens is 271 g/mol. The molecule has 0 aliphatic heterocycles. The number of pyridine rings is 1. The third-order valence-corrected chi connectivity index (χ3v) is 3.00. The number of hydrogen-bond acceptors (Lipinski definition) is 4. The number of aromatic nitrogens is 1. The lowest BCUT2D eigenvalue weighted by Crippen LogP contribution is -2.19. The molecule has 0 fully saturated rings. The van der Waals surface area contributed by atoms with E-state index in [4.69, 9.17) is 9.47 Å². The zero-order valence-corrected chi connectivity index (χ0v) is 12.2. The van der Waals surface area contributed by atoms with Gasteiger partial charge in [0.25, 0.3) is 0 Å². The Morgan fingerprint density at radius 3 is 2.86 bits per heavy atom. The maximum absolute atomic E-state index is 13.4. The second-order valence-corrected chi connectivity index (χ2v) is 4.61. The Morgan fingerprint density at radius 1 is 1.24 bits per heavy atom. The van der Waals surface area contributed by atoms with Crippen LogP contribution in [0.5, 0.6) is 11.5 Å². The molecular formula is C16H19FN2O2. The van der Waals surface area contributed by atoms with Crippen molar-refractivity contribution >= 4 is 0 Å². The fourth-order valence-corrected chi connectivity index (χ4v) is 1.88. The Bertz CT molecular complexity index is 590. The molecule has 4 nitrogen and oxygen atoms in total. The Morgan fingerprint density at radius 2 is 2.10 bits per heavy atom. The van der Waals surface area contributed by atoms with Gasteiger partial charge in [-0.2, -0.15) is 0 Å². The van der Waals surface area contributed by atoms with E-state index in [9.17, 15) is 4.39 Å². The highest BCUT2D eigenvalue weighted by atomic mass is 19.1. The molecule has 0 aliphatic carbocycles. The summed E-state index contributed by atoms with van der Waals surface area (Å²) < 4.78 is 24.2. The normalized spacial score (nSPS) is 10.6. The monoisotopic (exact) mass is 290 g/mol. The van der Waals surface area contributed by atoms with Gasteiger partial charge in [-0.1, -0.05) is 0 Å². The largest absolute Gasteiger partial charge is 0.455 e. The average Bonchev–Trinajstić information content (AvgIpc) is 2.48. The number of methoxy groups -OCH3 is 1. The number of ether oxygens (including phenoxy) is 2. The lowest BCUT2D eigenvalue weighted by Gasteiger charge is -2.13. The lowest BCUT2D eigenvalue weighted by molar-refractivity contribution is 0.199. The molecule has 0 amide bonds. The summed E-state index contributed by atoms with van der Waals surface area (Å²) in [6.07, 6.45) is 1.71. The molecule has 1 N–H and O–H groups in total. The van der Waals surface area contributed by atoms with Crippen LogP contribution in [0.1, 0.15) is 11.3 Å². The fourth-order valence-electron chi connectivity index (χ4n) is 1.88. The Hall–Kier alpha value is -1.98. The van der Waals surface area contributed by atoms with Gasteiger partial charge in [-0.05, 0) is 37.3 Å². The highest BCUT2D eigenvalue weighted by Crippen LogP contribution is 2.27. The van der Waals surface area contributed by atoms with Gasteiger partial charge in [-0.15, -0.1) is 0 Å². The van der Waals surface area contributed by atoms with E-state index in [-0.39, 0.29) is 5.82 Å². The number of nitrogens with one attached hydrogen (secondary N) is 1. The highest BCUT2D eigenvalue weighted by molar-refractivity contribution is 5.39. The molecule has 2 aromatic rings. The van der Waals surface area contributed by atoms with Crippen LogP contribution in [0.15, 0.2) is 36.5 Å². The SMILES string of the molecule is COCCNCc1cc(F)ccc1Oc1cccnc1C. The second kappa shape index (κ2) is 7.71. The number of aryl methyl sites for hydroxylation is 1. The molecule has 0 atom stereocenters. The van der Waals surface area contributed by atoms with E-state index in [0.29, 0.717) is 31.2 Å². The van der Waals surface area contributed by atoms with Crippen LogP contribution in [-0.2, 0) is 11.3 Å². The first-order valence-electron chi connectivity index (χ1n) is 6.78. The van der Waals surface area contributed by atoms with Gasteiger partial charge >= 0.3 is 0 Å². The highest BCUT2D eigenvalue weighted by Gasteiger charge is 2.08. The number of benzene rings is 1. The molecule has 0 radical (unpaired) electrons. The maximum Gasteiger partial charge on any atom is 0.148 e. The van der Waals surface area contributed by atoms with Crippen molar-refractivity contribution in [3.63, 3.8) is 0 Å². The molecule has 1 heterocycles. The average molecular weight is 290 g/mol. The van der Waals surface area contributed by atoms with Crippen LogP contribution in [0.4, 0.5) is 4.39 Å².